The molecule has 0 rings (SSSR count). The maximum atomic E-state index is 5.43. The molecule has 0 amide bonds. The van der Waals surface area contributed by atoms with E-state index in [9.17, 15) is 0 Å². The van der Waals surface area contributed by atoms with E-state index in [4.69, 9.17) is 21.1 Å². The highest BCUT2D eigenvalue weighted by Gasteiger charge is 1.86. The molecule has 0 atom stereocenters. The normalized spacial score (nSPS) is 10.2. The van der Waals surface area contributed by atoms with Gasteiger partial charge in [0.1, 0.15) is 0 Å². The van der Waals surface area contributed by atoms with Crippen LogP contribution in [0.3, 0.4) is 0 Å². The maximum Gasteiger partial charge on any atom is 0.0700 e. The highest BCUT2D eigenvalue weighted by atomic mass is 35.5. The number of hydrogen-bond donors (Lipinski definition) is 0. The Morgan fingerprint density at radius 3 is 2.40 bits per heavy atom. The van der Waals surface area contributed by atoms with Crippen molar-refractivity contribution in [2.75, 3.05) is 32.3 Å². The average Bonchev–Trinajstić information content (AvgIpc) is 1.97. The van der Waals surface area contributed by atoms with E-state index < -0.39 is 0 Å². The first-order valence-electron chi connectivity index (χ1n) is 3.63. The van der Waals surface area contributed by atoms with Crippen LogP contribution in [0.4, 0.5) is 0 Å². The van der Waals surface area contributed by atoms with Crippen LogP contribution in [0.25, 0.3) is 0 Å². The quantitative estimate of drug-likeness (QED) is 0.423. The Bertz CT molecular complexity index is 51.6. The van der Waals surface area contributed by atoms with E-state index in [0.717, 1.165) is 19.6 Å². The van der Waals surface area contributed by atoms with Gasteiger partial charge in [-0.1, -0.05) is 0 Å². The van der Waals surface area contributed by atoms with Crippen LogP contribution in [0.15, 0.2) is 0 Å². The van der Waals surface area contributed by atoms with Crippen LogP contribution in [0.2, 0.25) is 0 Å². The molecule has 0 radical (unpaired) electrons. The van der Waals surface area contributed by atoms with Crippen LogP contribution in [0, 0.1) is 0 Å². The summed E-state index contributed by atoms with van der Waals surface area (Å²) < 4.78 is 10.2. The van der Waals surface area contributed by atoms with Crippen LogP contribution in [0.5, 0.6) is 0 Å². The highest BCUT2D eigenvalue weighted by Crippen LogP contribution is 1.85. The summed E-state index contributed by atoms with van der Waals surface area (Å²) in [6, 6.07) is 0. The molecule has 0 aromatic carbocycles. The molecule has 3 heteroatoms. The molecular weight excluding hydrogens is 152 g/mol. The third-order valence-electron chi connectivity index (χ3n) is 0.998. The number of alkyl halides is 1. The molecule has 0 aromatic rings. The van der Waals surface area contributed by atoms with Crippen molar-refractivity contribution in [2.45, 2.75) is 13.3 Å². The van der Waals surface area contributed by atoms with E-state index >= 15 is 0 Å². The van der Waals surface area contributed by atoms with Gasteiger partial charge in [-0.2, -0.15) is 0 Å². The summed E-state index contributed by atoms with van der Waals surface area (Å²) in [4.78, 5) is 0. The van der Waals surface area contributed by atoms with Gasteiger partial charge in [-0.15, -0.1) is 11.6 Å². The first kappa shape index (κ1) is 10.2. The van der Waals surface area contributed by atoms with E-state index in [1.807, 2.05) is 6.92 Å². The molecule has 0 aromatic heterocycles. The van der Waals surface area contributed by atoms with Gasteiger partial charge in [-0.3, -0.25) is 0 Å². The first-order valence-corrected chi connectivity index (χ1v) is 4.16. The lowest BCUT2D eigenvalue weighted by Crippen LogP contribution is -2.04. The van der Waals surface area contributed by atoms with E-state index in [0.29, 0.717) is 19.1 Å². The molecule has 0 unspecified atom stereocenters. The predicted octanol–water partition coefficient (Wildman–Crippen LogP) is 1.67. The lowest BCUT2D eigenvalue weighted by atomic mass is 10.5. The Hall–Kier alpha value is 0.210. The van der Waals surface area contributed by atoms with Gasteiger partial charge in [-0.25, -0.2) is 0 Å². The van der Waals surface area contributed by atoms with Crippen molar-refractivity contribution in [1.29, 1.82) is 0 Å². The minimum Gasteiger partial charge on any atom is -0.379 e. The zero-order chi connectivity index (χ0) is 7.66. The third kappa shape index (κ3) is 8.21. The van der Waals surface area contributed by atoms with E-state index in [1.54, 1.807) is 0 Å². The zero-order valence-electron chi connectivity index (χ0n) is 6.44. The standard InChI is InChI=1S/C7H15ClO2/c1-2-9-6-7-10-5-3-4-8/h2-7H2,1H3. The average molecular weight is 167 g/mol. The Morgan fingerprint density at radius 1 is 1.10 bits per heavy atom. The molecule has 0 heterocycles. The lowest BCUT2D eigenvalue weighted by molar-refractivity contribution is 0.0533. The monoisotopic (exact) mass is 166 g/mol. The molecule has 10 heavy (non-hydrogen) atoms. The van der Waals surface area contributed by atoms with Crippen LogP contribution in [0.1, 0.15) is 13.3 Å². The molecule has 0 fully saturated rings. The van der Waals surface area contributed by atoms with Gasteiger partial charge in [0.25, 0.3) is 0 Å². The van der Waals surface area contributed by atoms with Crippen LogP contribution < -0.4 is 0 Å². The second kappa shape index (κ2) is 9.21. The molecule has 0 saturated heterocycles. The van der Waals surface area contributed by atoms with Gasteiger partial charge >= 0.3 is 0 Å². The summed E-state index contributed by atoms with van der Waals surface area (Å²) >= 11 is 5.43. The van der Waals surface area contributed by atoms with Crippen LogP contribution >= 0.6 is 11.6 Å². The molecule has 2 nitrogen and oxygen atoms in total. The van der Waals surface area contributed by atoms with Gasteiger partial charge in [0.2, 0.25) is 0 Å². The van der Waals surface area contributed by atoms with E-state index in [1.165, 1.54) is 0 Å². The molecule has 0 bridgehead atoms. The van der Waals surface area contributed by atoms with Crippen molar-refractivity contribution in [1.82, 2.24) is 0 Å². The second-order valence-corrected chi connectivity index (χ2v) is 2.23. The van der Waals surface area contributed by atoms with Crippen LogP contribution in [-0.2, 0) is 9.47 Å². The van der Waals surface area contributed by atoms with Gasteiger partial charge < -0.3 is 9.47 Å². The minimum absolute atomic E-state index is 0.675. The van der Waals surface area contributed by atoms with Gasteiger partial charge in [0.15, 0.2) is 0 Å². The molecule has 0 spiro atoms. The molecule has 0 aliphatic heterocycles. The Balaban J connectivity index is 2.65. The molecular formula is C7H15ClO2. The van der Waals surface area contributed by atoms with Gasteiger partial charge in [-0.05, 0) is 13.3 Å². The van der Waals surface area contributed by atoms with E-state index in [2.05, 4.69) is 0 Å². The van der Waals surface area contributed by atoms with Crippen molar-refractivity contribution in [3.63, 3.8) is 0 Å². The number of ether oxygens (including phenoxy) is 2. The summed E-state index contributed by atoms with van der Waals surface area (Å²) in [7, 11) is 0. The van der Waals surface area contributed by atoms with Crippen molar-refractivity contribution >= 4 is 11.6 Å². The number of hydrogen-bond acceptors (Lipinski definition) is 2. The van der Waals surface area contributed by atoms with Crippen molar-refractivity contribution in [3.8, 4) is 0 Å². The molecule has 0 saturated carbocycles. The Morgan fingerprint density at radius 2 is 1.80 bits per heavy atom. The summed E-state index contributed by atoms with van der Waals surface area (Å²) in [6.07, 6.45) is 0.924. The minimum atomic E-state index is 0.675. The SMILES string of the molecule is CCOCCOCCCCl. The summed E-state index contributed by atoms with van der Waals surface area (Å²) in [5.74, 6) is 0.675. The summed E-state index contributed by atoms with van der Waals surface area (Å²) in [6.45, 7) is 4.86. The zero-order valence-corrected chi connectivity index (χ0v) is 7.19. The van der Waals surface area contributed by atoms with Crippen LogP contribution in [-0.4, -0.2) is 32.3 Å². The summed E-state index contributed by atoms with van der Waals surface area (Å²) in [5.41, 5.74) is 0. The highest BCUT2D eigenvalue weighted by molar-refractivity contribution is 6.17. The molecule has 0 N–H and O–H groups in total. The third-order valence-corrected chi connectivity index (χ3v) is 1.27. The first-order chi connectivity index (χ1) is 4.91. The second-order valence-electron chi connectivity index (χ2n) is 1.85. The Labute approximate surface area is 67.5 Å². The fourth-order valence-electron chi connectivity index (χ4n) is 0.521. The summed E-state index contributed by atoms with van der Waals surface area (Å²) in [5, 5.41) is 0. The maximum absolute atomic E-state index is 5.43. The molecule has 0 aliphatic rings. The topological polar surface area (TPSA) is 18.5 Å². The van der Waals surface area contributed by atoms with E-state index in [-0.39, 0.29) is 0 Å². The van der Waals surface area contributed by atoms with Crippen molar-refractivity contribution in [3.05, 3.63) is 0 Å². The molecule has 62 valence electrons. The fraction of sp³-hybridized carbons (Fsp3) is 1.00. The smallest absolute Gasteiger partial charge is 0.0700 e. The number of rotatable bonds is 7. The van der Waals surface area contributed by atoms with Gasteiger partial charge in [0.05, 0.1) is 13.2 Å². The van der Waals surface area contributed by atoms with Crippen molar-refractivity contribution < 1.29 is 9.47 Å². The van der Waals surface area contributed by atoms with Gasteiger partial charge in [0, 0.05) is 19.1 Å². The van der Waals surface area contributed by atoms with Crippen molar-refractivity contribution in [2.24, 2.45) is 0 Å². The molecule has 0 aliphatic carbocycles. The number of halogens is 1. The predicted molar refractivity (Wildman–Crippen MR) is 42.6 cm³/mol. The lowest BCUT2D eigenvalue weighted by Gasteiger charge is -2.01. The fourth-order valence-corrected chi connectivity index (χ4v) is 0.630. The Kier molecular flexibility index (Phi) is 9.40. The largest absolute Gasteiger partial charge is 0.379 e.